The third-order valence-electron chi connectivity index (χ3n) is 3.76. The summed E-state index contributed by atoms with van der Waals surface area (Å²) in [6, 6.07) is 7.06. The van der Waals surface area contributed by atoms with Crippen LogP contribution < -0.4 is 4.74 Å². The van der Waals surface area contributed by atoms with Crippen molar-refractivity contribution in [3.8, 4) is 5.75 Å². The molecule has 0 aliphatic carbocycles. The summed E-state index contributed by atoms with van der Waals surface area (Å²) in [6.07, 6.45) is 1.02. The molecule has 1 aromatic rings. The fraction of sp³-hybridized carbons (Fsp3) is 0.562. The van der Waals surface area contributed by atoms with Crippen molar-refractivity contribution < 1.29 is 14.3 Å². The number of carbonyl (C=O) groups is 1. The molecule has 0 aromatic heterocycles. The largest absolute Gasteiger partial charge is 0.494 e. The quantitative estimate of drug-likeness (QED) is 0.587. The molecule has 0 atom stereocenters. The lowest BCUT2D eigenvalue weighted by Crippen LogP contribution is -2.44. The van der Waals surface area contributed by atoms with Crippen LogP contribution in [0, 0.1) is 0 Å². The van der Waals surface area contributed by atoms with Crippen molar-refractivity contribution in [1.29, 1.82) is 0 Å². The van der Waals surface area contributed by atoms with Crippen LogP contribution in [0.3, 0.4) is 0 Å². The molecule has 1 aliphatic heterocycles. The van der Waals surface area contributed by atoms with Crippen LogP contribution in [0.15, 0.2) is 24.3 Å². The van der Waals surface area contributed by atoms with E-state index in [1.165, 1.54) is 7.11 Å². The molecule has 0 saturated carbocycles. The number of methoxy groups -OCH3 is 1. The summed E-state index contributed by atoms with van der Waals surface area (Å²) in [5, 5.41) is 0. The van der Waals surface area contributed by atoms with Crippen molar-refractivity contribution in [1.82, 2.24) is 9.80 Å². The van der Waals surface area contributed by atoms with Gasteiger partial charge in [0.05, 0.1) is 19.3 Å². The van der Waals surface area contributed by atoms with Gasteiger partial charge in [-0.3, -0.25) is 0 Å². The fourth-order valence-corrected chi connectivity index (χ4v) is 2.35. The van der Waals surface area contributed by atoms with Crippen LogP contribution in [0.2, 0.25) is 0 Å². The van der Waals surface area contributed by atoms with Gasteiger partial charge in [-0.1, -0.05) is 0 Å². The number of nitrogens with zero attached hydrogens (tertiary/aromatic N) is 2. The Bertz CT molecular complexity index is 439. The molecule has 21 heavy (non-hydrogen) atoms. The Balaban J connectivity index is 1.65. The molecule has 116 valence electrons. The zero-order valence-electron chi connectivity index (χ0n) is 12.9. The lowest BCUT2D eigenvalue weighted by atomic mass is 10.2. The van der Waals surface area contributed by atoms with E-state index >= 15 is 0 Å². The standard InChI is InChI=1S/C16H24N2O3/c1-17-9-11-18(12-10-17)8-3-13-21-15-6-4-14(5-7-15)16(19)20-2/h4-7H,3,8-13H2,1-2H3. The molecule has 0 spiro atoms. The molecule has 0 amide bonds. The molecule has 0 unspecified atom stereocenters. The Morgan fingerprint density at radius 2 is 1.81 bits per heavy atom. The maximum absolute atomic E-state index is 11.3. The normalized spacial score (nSPS) is 16.7. The van der Waals surface area contributed by atoms with Gasteiger partial charge in [-0.15, -0.1) is 0 Å². The summed E-state index contributed by atoms with van der Waals surface area (Å²) >= 11 is 0. The maximum Gasteiger partial charge on any atom is 0.337 e. The number of ether oxygens (including phenoxy) is 2. The minimum atomic E-state index is -0.323. The average molecular weight is 292 g/mol. The van der Waals surface area contributed by atoms with E-state index in [1.807, 2.05) is 12.1 Å². The van der Waals surface area contributed by atoms with Crippen LogP contribution >= 0.6 is 0 Å². The van der Waals surface area contributed by atoms with Gasteiger partial charge in [0.15, 0.2) is 0 Å². The second-order valence-electron chi connectivity index (χ2n) is 5.36. The van der Waals surface area contributed by atoms with Crippen molar-refractivity contribution in [3.05, 3.63) is 29.8 Å². The van der Waals surface area contributed by atoms with Crippen molar-refractivity contribution in [2.45, 2.75) is 6.42 Å². The van der Waals surface area contributed by atoms with Crippen LogP contribution in [-0.4, -0.2) is 69.3 Å². The Hall–Kier alpha value is -1.59. The molecule has 1 aromatic carbocycles. The number of carbonyl (C=O) groups excluding carboxylic acids is 1. The van der Waals surface area contributed by atoms with Crippen molar-refractivity contribution in [2.75, 3.05) is 53.5 Å². The molecule has 1 saturated heterocycles. The molecule has 5 nitrogen and oxygen atoms in total. The summed E-state index contributed by atoms with van der Waals surface area (Å²) in [4.78, 5) is 16.1. The first-order valence-corrected chi connectivity index (χ1v) is 7.41. The van der Waals surface area contributed by atoms with Crippen LogP contribution in [0.5, 0.6) is 5.75 Å². The van der Waals surface area contributed by atoms with Gasteiger partial charge in [-0.25, -0.2) is 4.79 Å². The first kappa shape index (κ1) is 15.8. The highest BCUT2D eigenvalue weighted by Crippen LogP contribution is 2.13. The number of hydrogen-bond acceptors (Lipinski definition) is 5. The molecule has 1 fully saturated rings. The number of benzene rings is 1. The zero-order valence-corrected chi connectivity index (χ0v) is 12.9. The topological polar surface area (TPSA) is 42.0 Å². The van der Waals surface area contributed by atoms with Crippen molar-refractivity contribution >= 4 is 5.97 Å². The van der Waals surface area contributed by atoms with E-state index in [0.717, 1.165) is 44.9 Å². The van der Waals surface area contributed by atoms with E-state index < -0.39 is 0 Å². The SMILES string of the molecule is COC(=O)c1ccc(OCCCN2CCN(C)CC2)cc1. The summed E-state index contributed by atoms with van der Waals surface area (Å²) in [7, 11) is 3.55. The molecule has 2 rings (SSSR count). The Morgan fingerprint density at radius 3 is 2.43 bits per heavy atom. The number of esters is 1. The van der Waals surface area contributed by atoms with Gasteiger partial charge in [0.25, 0.3) is 0 Å². The second-order valence-corrected chi connectivity index (χ2v) is 5.36. The van der Waals surface area contributed by atoms with Gasteiger partial charge < -0.3 is 19.3 Å². The van der Waals surface area contributed by atoms with Gasteiger partial charge in [0.1, 0.15) is 5.75 Å². The van der Waals surface area contributed by atoms with Gasteiger partial charge in [0, 0.05) is 32.7 Å². The molecular formula is C16H24N2O3. The van der Waals surface area contributed by atoms with Crippen molar-refractivity contribution in [2.24, 2.45) is 0 Å². The van der Waals surface area contributed by atoms with Gasteiger partial charge in [-0.2, -0.15) is 0 Å². The van der Waals surface area contributed by atoms with Gasteiger partial charge >= 0.3 is 5.97 Å². The number of likely N-dealkylation sites (N-methyl/N-ethyl adjacent to an activating group) is 1. The molecule has 5 heteroatoms. The zero-order chi connectivity index (χ0) is 15.1. The summed E-state index contributed by atoms with van der Waals surface area (Å²) in [5.41, 5.74) is 0.544. The Labute approximate surface area is 126 Å². The van der Waals surface area contributed by atoms with Crippen LogP contribution in [-0.2, 0) is 4.74 Å². The predicted octanol–water partition coefficient (Wildman–Crippen LogP) is 1.49. The van der Waals surface area contributed by atoms with E-state index in [-0.39, 0.29) is 5.97 Å². The third kappa shape index (κ3) is 5.02. The minimum absolute atomic E-state index is 0.323. The highest BCUT2D eigenvalue weighted by molar-refractivity contribution is 5.89. The van der Waals surface area contributed by atoms with Crippen molar-refractivity contribution in [3.63, 3.8) is 0 Å². The predicted molar refractivity (Wildman–Crippen MR) is 81.8 cm³/mol. The van der Waals surface area contributed by atoms with Gasteiger partial charge in [-0.05, 0) is 37.7 Å². The number of hydrogen-bond donors (Lipinski definition) is 0. The molecule has 0 radical (unpaired) electrons. The highest BCUT2D eigenvalue weighted by Gasteiger charge is 2.12. The maximum atomic E-state index is 11.3. The summed E-state index contributed by atoms with van der Waals surface area (Å²) in [6.45, 7) is 6.36. The van der Waals surface area contributed by atoms with E-state index in [0.29, 0.717) is 12.2 Å². The van der Waals surface area contributed by atoms with Gasteiger partial charge in [0.2, 0.25) is 0 Å². The minimum Gasteiger partial charge on any atom is -0.494 e. The fourth-order valence-electron chi connectivity index (χ4n) is 2.35. The van der Waals surface area contributed by atoms with Crippen LogP contribution in [0.25, 0.3) is 0 Å². The van der Waals surface area contributed by atoms with E-state index in [4.69, 9.17) is 4.74 Å². The monoisotopic (exact) mass is 292 g/mol. The molecule has 1 aliphatic rings. The first-order valence-electron chi connectivity index (χ1n) is 7.41. The smallest absolute Gasteiger partial charge is 0.337 e. The number of rotatable bonds is 6. The highest BCUT2D eigenvalue weighted by atomic mass is 16.5. The molecule has 0 N–H and O–H groups in total. The lowest BCUT2D eigenvalue weighted by Gasteiger charge is -2.32. The average Bonchev–Trinajstić information content (AvgIpc) is 2.53. The molecule has 1 heterocycles. The summed E-state index contributed by atoms with van der Waals surface area (Å²) in [5.74, 6) is 0.470. The van der Waals surface area contributed by atoms with Crippen LogP contribution in [0.1, 0.15) is 16.8 Å². The second kappa shape index (κ2) is 8.00. The lowest BCUT2D eigenvalue weighted by molar-refractivity contribution is 0.0600. The third-order valence-corrected chi connectivity index (χ3v) is 3.76. The number of piperazine rings is 1. The summed E-state index contributed by atoms with van der Waals surface area (Å²) < 4.78 is 10.4. The Morgan fingerprint density at radius 1 is 1.14 bits per heavy atom. The van der Waals surface area contributed by atoms with E-state index in [2.05, 4.69) is 21.6 Å². The van der Waals surface area contributed by atoms with E-state index in [9.17, 15) is 4.79 Å². The van der Waals surface area contributed by atoms with E-state index in [1.54, 1.807) is 12.1 Å². The molecular weight excluding hydrogens is 268 g/mol. The van der Waals surface area contributed by atoms with Crippen LogP contribution in [0.4, 0.5) is 0 Å². The Kier molecular flexibility index (Phi) is 6.02. The first-order chi connectivity index (χ1) is 10.2. The molecule has 0 bridgehead atoms.